The number of carbonyl (C=O) groups excluding carboxylic acids is 2. The Balaban J connectivity index is 1.86. The summed E-state index contributed by atoms with van der Waals surface area (Å²) in [5.41, 5.74) is 1.42. The number of carbonyl (C=O) groups is 2. The fourth-order valence-electron chi connectivity index (χ4n) is 2.89. The molecule has 1 aliphatic heterocycles. The molecule has 0 aliphatic carbocycles. The van der Waals surface area contributed by atoms with Crippen LogP contribution in [-0.4, -0.2) is 41.0 Å². The van der Waals surface area contributed by atoms with E-state index in [1.165, 1.54) is 22.0 Å². The standard InChI is InChI=1S/C19H20FN3O3/c1-3-18(24)22(2)12-19(25)23-16(17-5-4-10-26-17)11-15(21-23)13-6-8-14(20)9-7-13/h4-10,16H,3,11-12H2,1-2H3/t16-/m0/s1. The van der Waals surface area contributed by atoms with Crippen molar-refractivity contribution in [2.24, 2.45) is 5.10 Å². The van der Waals surface area contributed by atoms with Gasteiger partial charge in [0.1, 0.15) is 24.2 Å². The van der Waals surface area contributed by atoms with E-state index >= 15 is 0 Å². The van der Waals surface area contributed by atoms with Gasteiger partial charge in [0, 0.05) is 19.9 Å². The van der Waals surface area contributed by atoms with E-state index in [9.17, 15) is 14.0 Å². The molecule has 2 heterocycles. The van der Waals surface area contributed by atoms with E-state index in [-0.39, 0.29) is 30.2 Å². The van der Waals surface area contributed by atoms with Crippen molar-refractivity contribution in [1.29, 1.82) is 0 Å². The highest BCUT2D eigenvalue weighted by molar-refractivity contribution is 6.03. The van der Waals surface area contributed by atoms with Crippen molar-refractivity contribution in [3.05, 3.63) is 59.8 Å². The van der Waals surface area contributed by atoms with Crippen LogP contribution in [0.25, 0.3) is 0 Å². The topological polar surface area (TPSA) is 66.1 Å². The van der Waals surface area contributed by atoms with Gasteiger partial charge in [-0.15, -0.1) is 0 Å². The third kappa shape index (κ3) is 3.66. The van der Waals surface area contributed by atoms with Crippen molar-refractivity contribution in [3.8, 4) is 0 Å². The molecule has 1 aliphatic rings. The lowest BCUT2D eigenvalue weighted by Gasteiger charge is -2.23. The molecule has 0 fully saturated rings. The summed E-state index contributed by atoms with van der Waals surface area (Å²) in [5.74, 6) is -0.131. The highest BCUT2D eigenvalue weighted by Crippen LogP contribution is 2.33. The second kappa shape index (κ2) is 7.51. The number of benzene rings is 1. The van der Waals surface area contributed by atoms with Gasteiger partial charge in [-0.2, -0.15) is 5.10 Å². The number of hydrogen-bond acceptors (Lipinski definition) is 4. The SMILES string of the molecule is CCC(=O)N(C)CC(=O)N1N=C(c2ccc(F)cc2)C[C@H]1c1ccco1. The summed E-state index contributed by atoms with van der Waals surface area (Å²) in [6.07, 6.45) is 2.33. The quantitative estimate of drug-likeness (QED) is 0.826. The maximum atomic E-state index is 13.2. The largest absolute Gasteiger partial charge is 0.467 e. The van der Waals surface area contributed by atoms with Crippen LogP contribution in [0.3, 0.4) is 0 Å². The molecule has 1 aromatic heterocycles. The number of nitrogens with zero attached hydrogens (tertiary/aromatic N) is 3. The molecule has 136 valence electrons. The number of rotatable bonds is 5. The van der Waals surface area contributed by atoms with Gasteiger partial charge in [0.15, 0.2) is 0 Å². The Labute approximate surface area is 150 Å². The van der Waals surface area contributed by atoms with Gasteiger partial charge in [-0.3, -0.25) is 9.59 Å². The van der Waals surface area contributed by atoms with E-state index < -0.39 is 0 Å². The minimum Gasteiger partial charge on any atom is -0.467 e. The summed E-state index contributed by atoms with van der Waals surface area (Å²) in [7, 11) is 1.59. The highest BCUT2D eigenvalue weighted by atomic mass is 19.1. The fraction of sp³-hybridized carbons (Fsp3) is 0.316. The Morgan fingerprint density at radius 1 is 1.31 bits per heavy atom. The minimum atomic E-state index is -0.386. The van der Waals surface area contributed by atoms with Crippen LogP contribution < -0.4 is 0 Å². The fourth-order valence-corrected chi connectivity index (χ4v) is 2.89. The van der Waals surface area contributed by atoms with E-state index in [1.54, 1.807) is 44.5 Å². The van der Waals surface area contributed by atoms with Gasteiger partial charge in [0.25, 0.3) is 5.91 Å². The molecule has 26 heavy (non-hydrogen) atoms. The molecular formula is C19H20FN3O3. The lowest BCUT2D eigenvalue weighted by molar-refractivity contribution is -0.140. The molecule has 0 radical (unpaired) electrons. The molecule has 0 bridgehead atoms. The smallest absolute Gasteiger partial charge is 0.262 e. The van der Waals surface area contributed by atoms with Crippen molar-refractivity contribution in [3.63, 3.8) is 0 Å². The number of amides is 2. The summed E-state index contributed by atoms with van der Waals surface area (Å²) in [4.78, 5) is 25.9. The van der Waals surface area contributed by atoms with Crippen LogP contribution in [0.1, 0.15) is 37.1 Å². The Morgan fingerprint density at radius 3 is 2.65 bits per heavy atom. The Bertz CT molecular complexity index is 815. The predicted octanol–water partition coefficient (Wildman–Crippen LogP) is 2.96. The van der Waals surface area contributed by atoms with Crippen molar-refractivity contribution in [2.75, 3.05) is 13.6 Å². The third-order valence-electron chi connectivity index (χ3n) is 4.32. The van der Waals surface area contributed by atoms with Crippen molar-refractivity contribution in [1.82, 2.24) is 9.91 Å². The first-order valence-corrected chi connectivity index (χ1v) is 8.42. The predicted molar refractivity (Wildman–Crippen MR) is 93.8 cm³/mol. The third-order valence-corrected chi connectivity index (χ3v) is 4.32. The van der Waals surface area contributed by atoms with Crippen molar-refractivity contribution >= 4 is 17.5 Å². The van der Waals surface area contributed by atoms with Gasteiger partial charge >= 0.3 is 0 Å². The molecule has 0 saturated heterocycles. The first-order valence-electron chi connectivity index (χ1n) is 8.42. The summed E-state index contributed by atoms with van der Waals surface area (Å²) in [6.45, 7) is 1.68. The van der Waals surface area contributed by atoms with Crippen LogP contribution in [0.5, 0.6) is 0 Å². The highest BCUT2D eigenvalue weighted by Gasteiger charge is 2.35. The first-order chi connectivity index (χ1) is 12.5. The van der Waals surface area contributed by atoms with Gasteiger partial charge in [0.2, 0.25) is 5.91 Å². The Kier molecular flexibility index (Phi) is 5.16. The van der Waals surface area contributed by atoms with Gasteiger partial charge in [0.05, 0.1) is 12.0 Å². The zero-order valence-electron chi connectivity index (χ0n) is 14.7. The van der Waals surface area contributed by atoms with Gasteiger partial charge in [-0.05, 0) is 29.8 Å². The number of hydrazone groups is 1. The molecule has 0 N–H and O–H groups in total. The summed E-state index contributed by atoms with van der Waals surface area (Å²) in [5, 5.41) is 5.80. The molecule has 6 nitrogen and oxygen atoms in total. The minimum absolute atomic E-state index is 0.0654. The van der Waals surface area contributed by atoms with Crippen LogP contribution in [0.15, 0.2) is 52.2 Å². The van der Waals surface area contributed by atoms with Crippen LogP contribution in [0.4, 0.5) is 4.39 Å². The molecule has 3 rings (SSSR count). The Morgan fingerprint density at radius 2 is 2.04 bits per heavy atom. The maximum Gasteiger partial charge on any atom is 0.262 e. The van der Waals surface area contributed by atoms with Gasteiger partial charge < -0.3 is 9.32 Å². The van der Waals surface area contributed by atoms with E-state index in [0.717, 1.165) is 5.56 Å². The average Bonchev–Trinajstić information content (AvgIpc) is 3.30. The van der Waals surface area contributed by atoms with E-state index in [0.29, 0.717) is 24.3 Å². The molecule has 2 amide bonds. The molecule has 0 spiro atoms. The van der Waals surface area contributed by atoms with Crippen LogP contribution in [0.2, 0.25) is 0 Å². The number of furan rings is 1. The molecule has 1 atom stereocenters. The van der Waals surface area contributed by atoms with E-state index in [2.05, 4.69) is 5.10 Å². The normalized spacial score (nSPS) is 16.5. The van der Waals surface area contributed by atoms with Crippen LogP contribution in [-0.2, 0) is 9.59 Å². The van der Waals surface area contributed by atoms with E-state index in [1.807, 2.05) is 0 Å². The monoisotopic (exact) mass is 357 g/mol. The molecular weight excluding hydrogens is 337 g/mol. The lowest BCUT2D eigenvalue weighted by atomic mass is 10.0. The van der Waals surface area contributed by atoms with Crippen LogP contribution >= 0.6 is 0 Å². The number of likely N-dealkylation sites (N-methyl/N-ethyl adjacent to an activating group) is 1. The zero-order valence-corrected chi connectivity index (χ0v) is 14.7. The summed E-state index contributed by atoms with van der Waals surface area (Å²) < 4.78 is 18.6. The van der Waals surface area contributed by atoms with Crippen LogP contribution in [0, 0.1) is 5.82 Å². The summed E-state index contributed by atoms with van der Waals surface area (Å²) >= 11 is 0. The molecule has 2 aromatic rings. The lowest BCUT2D eigenvalue weighted by Crippen LogP contribution is -2.38. The molecule has 0 saturated carbocycles. The Hall–Kier alpha value is -2.96. The second-order valence-corrected chi connectivity index (χ2v) is 6.13. The van der Waals surface area contributed by atoms with Gasteiger partial charge in [-0.25, -0.2) is 9.40 Å². The van der Waals surface area contributed by atoms with Crippen molar-refractivity contribution < 1.29 is 18.4 Å². The zero-order chi connectivity index (χ0) is 18.7. The molecule has 0 unspecified atom stereocenters. The van der Waals surface area contributed by atoms with E-state index in [4.69, 9.17) is 4.42 Å². The molecule has 7 heteroatoms. The molecule has 1 aromatic carbocycles. The average molecular weight is 357 g/mol. The van der Waals surface area contributed by atoms with Crippen molar-refractivity contribution in [2.45, 2.75) is 25.8 Å². The number of halogens is 1. The maximum absolute atomic E-state index is 13.2. The first kappa shape index (κ1) is 17.8. The number of hydrogen-bond donors (Lipinski definition) is 0. The summed E-state index contributed by atoms with van der Waals surface area (Å²) in [6, 6.07) is 9.14. The van der Waals surface area contributed by atoms with Gasteiger partial charge in [-0.1, -0.05) is 19.1 Å². The second-order valence-electron chi connectivity index (χ2n) is 6.13.